The zero-order valence-corrected chi connectivity index (χ0v) is 6.43. The highest BCUT2D eigenvalue weighted by Crippen LogP contribution is 2.15. The van der Waals surface area contributed by atoms with Crippen molar-refractivity contribution in [3.63, 3.8) is 0 Å². The van der Waals surface area contributed by atoms with Crippen molar-refractivity contribution in [2.24, 2.45) is 11.8 Å². The summed E-state index contributed by atoms with van der Waals surface area (Å²) < 4.78 is 0. The van der Waals surface area contributed by atoms with Crippen LogP contribution in [-0.2, 0) is 0 Å². The van der Waals surface area contributed by atoms with Gasteiger partial charge >= 0.3 is 0 Å². The largest absolute Gasteiger partial charge is 0.103 e. The summed E-state index contributed by atoms with van der Waals surface area (Å²) in [6, 6.07) is 0. The summed E-state index contributed by atoms with van der Waals surface area (Å²) in [4.78, 5) is 0. The van der Waals surface area contributed by atoms with Gasteiger partial charge in [0.1, 0.15) is 0 Å². The van der Waals surface area contributed by atoms with Gasteiger partial charge in [-0.05, 0) is 18.3 Å². The third-order valence-electron chi connectivity index (χ3n) is 1.60. The summed E-state index contributed by atoms with van der Waals surface area (Å²) in [6.45, 7) is 11.8. The van der Waals surface area contributed by atoms with E-state index < -0.39 is 0 Å². The van der Waals surface area contributed by atoms with E-state index in [9.17, 15) is 0 Å². The molecule has 0 saturated carbocycles. The van der Waals surface area contributed by atoms with Crippen molar-refractivity contribution in [2.45, 2.75) is 20.3 Å². The lowest BCUT2D eigenvalue weighted by molar-refractivity contribution is 0.471. The molecule has 0 aliphatic heterocycles. The molecule has 0 aromatic heterocycles. The van der Waals surface area contributed by atoms with E-state index in [1.807, 2.05) is 12.2 Å². The fourth-order valence-corrected chi connectivity index (χ4v) is 0.833. The number of hydrogen-bond donors (Lipinski definition) is 0. The molecular weight excluding hydrogens is 108 g/mol. The lowest BCUT2D eigenvalue weighted by atomic mass is 9.93. The minimum atomic E-state index is 0.613. The summed E-state index contributed by atoms with van der Waals surface area (Å²) in [5.74, 6) is 1.31. The highest BCUT2D eigenvalue weighted by molar-refractivity contribution is 4.86. The van der Waals surface area contributed by atoms with Crippen LogP contribution in [0.25, 0.3) is 0 Å². The highest BCUT2D eigenvalue weighted by atomic mass is 14.1. The predicted octanol–water partition coefficient (Wildman–Crippen LogP) is 3.02. The zero-order valence-electron chi connectivity index (χ0n) is 6.43. The van der Waals surface area contributed by atoms with Crippen LogP contribution in [0.15, 0.2) is 25.3 Å². The molecule has 0 nitrogen and oxygen atoms in total. The van der Waals surface area contributed by atoms with Crippen LogP contribution in [0.3, 0.4) is 0 Å². The van der Waals surface area contributed by atoms with Crippen LogP contribution < -0.4 is 0 Å². The van der Waals surface area contributed by atoms with E-state index in [1.165, 1.54) is 0 Å². The SMILES string of the molecule is C=CCC(C=C)C(C)C. The maximum atomic E-state index is 3.75. The minimum absolute atomic E-state index is 0.613. The second-order valence-corrected chi connectivity index (χ2v) is 2.67. The van der Waals surface area contributed by atoms with E-state index in [4.69, 9.17) is 0 Å². The fraction of sp³-hybridized carbons (Fsp3) is 0.556. The minimum Gasteiger partial charge on any atom is -0.103 e. The van der Waals surface area contributed by atoms with Gasteiger partial charge in [-0.2, -0.15) is 0 Å². The smallest absolute Gasteiger partial charge is 0.0179 e. The molecular formula is C9H16. The van der Waals surface area contributed by atoms with Gasteiger partial charge in [0.15, 0.2) is 0 Å². The summed E-state index contributed by atoms with van der Waals surface area (Å²) in [6.07, 6.45) is 5.01. The molecule has 9 heavy (non-hydrogen) atoms. The van der Waals surface area contributed by atoms with E-state index in [-0.39, 0.29) is 0 Å². The molecule has 0 heterocycles. The lowest BCUT2D eigenvalue weighted by Gasteiger charge is -2.12. The van der Waals surface area contributed by atoms with Crippen molar-refractivity contribution in [3.05, 3.63) is 25.3 Å². The monoisotopic (exact) mass is 124 g/mol. The van der Waals surface area contributed by atoms with Gasteiger partial charge in [0.25, 0.3) is 0 Å². The Labute approximate surface area is 58.3 Å². The Balaban J connectivity index is 3.66. The molecule has 0 heteroatoms. The second-order valence-electron chi connectivity index (χ2n) is 2.67. The van der Waals surface area contributed by atoms with Crippen molar-refractivity contribution in [2.75, 3.05) is 0 Å². The molecule has 52 valence electrons. The standard InChI is InChI=1S/C9H16/c1-5-7-9(6-2)8(3)4/h5-6,8-9H,1-2,7H2,3-4H3. The third-order valence-corrected chi connectivity index (χ3v) is 1.60. The average molecular weight is 124 g/mol. The van der Waals surface area contributed by atoms with Crippen LogP contribution in [0.2, 0.25) is 0 Å². The van der Waals surface area contributed by atoms with Crippen molar-refractivity contribution in [1.29, 1.82) is 0 Å². The van der Waals surface area contributed by atoms with Gasteiger partial charge in [0, 0.05) is 0 Å². The molecule has 0 aromatic rings. The van der Waals surface area contributed by atoms with E-state index in [2.05, 4.69) is 27.0 Å². The molecule has 0 aromatic carbocycles. The zero-order chi connectivity index (χ0) is 7.28. The van der Waals surface area contributed by atoms with Crippen LogP contribution >= 0.6 is 0 Å². The van der Waals surface area contributed by atoms with Crippen molar-refractivity contribution >= 4 is 0 Å². The Hall–Kier alpha value is -0.520. The third kappa shape index (κ3) is 3.12. The Morgan fingerprint density at radius 1 is 1.33 bits per heavy atom. The van der Waals surface area contributed by atoms with Crippen LogP contribution in [-0.4, -0.2) is 0 Å². The van der Waals surface area contributed by atoms with Gasteiger partial charge in [-0.15, -0.1) is 13.2 Å². The van der Waals surface area contributed by atoms with Gasteiger partial charge in [0.2, 0.25) is 0 Å². The predicted molar refractivity (Wildman–Crippen MR) is 43.3 cm³/mol. The van der Waals surface area contributed by atoms with Crippen LogP contribution in [0, 0.1) is 11.8 Å². The molecule has 0 aliphatic rings. The van der Waals surface area contributed by atoms with Gasteiger partial charge in [-0.25, -0.2) is 0 Å². The lowest BCUT2D eigenvalue weighted by Crippen LogP contribution is -2.02. The Bertz CT molecular complexity index is 90.2. The maximum Gasteiger partial charge on any atom is -0.0179 e. The van der Waals surface area contributed by atoms with E-state index >= 15 is 0 Å². The van der Waals surface area contributed by atoms with Crippen LogP contribution in [0.1, 0.15) is 20.3 Å². The normalized spacial score (nSPS) is 13.2. The summed E-state index contributed by atoms with van der Waals surface area (Å²) in [7, 11) is 0. The summed E-state index contributed by atoms with van der Waals surface area (Å²) in [5.41, 5.74) is 0. The second kappa shape index (κ2) is 4.37. The van der Waals surface area contributed by atoms with Gasteiger partial charge < -0.3 is 0 Å². The number of allylic oxidation sites excluding steroid dienone is 2. The van der Waals surface area contributed by atoms with Crippen LogP contribution in [0.4, 0.5) is 0 Å². The Kier molecular flexibility index (Phi) is 4.12. The molecule has 1 atom stereocenters. The topological polar surface area (TPSA) is 0 Å². The molecule has 0 spiro atoms. The number of rotatable bonds is 4. The molecule has 0 saturated heterocycles. The maximum absolute atomic E-state index is 3.75. The summed E-state index contributed by atoms with van der Waals surface area (Å²) in [5, 5.41) is 0. The molecule has 0 fully saturated rings. The molecule has 0 bridgehead atoms. The van der Waals surface area contributed by atoms with Crippen molar-refractivity contribution in [1.82, 2.24) is 0 Å². The first-order chi connectivity index (χ1) is 4.22. The quantitative estimate of drug-likeness (QED) is 0.505. The van der Waals surface area contributed by atoms with E-state index in [1.54, 1.807) is 0 Å². The first-order valence-corrected chi connectivity index (χ1v) is 3.45. The Morgan fingerprint density at radius 3 is 2.00 bits per heavy atom. The van der Waals surface area contributed by atoms with Crippen molar-refractivity contribution < 1.29 is 0 Å². The van der Waals surface area contributed by atoms with E-state index in [0.717, 1.165) is 6.42 Å². The van der Waals surface area contributed by atoms with E-state index in [0.29, 0.717) is 11.8 Å². The Morgan fingerprint density at radius 2 is 1.89 bits per heavy atom. The first-order valence-electron chi connectivity index (χ1n) is 3.45. The average Bonchev–Trinajstić information content (AvgIpc) is 1.82. The fourth-order valence-electron chi connectivity index (χ4n) is 0.833. The number of hydrogen-bond acceptors (Lipinski definition) is 0. The summed E-state index contributed by atoms with van der Waals surface area (Å²) >= 11 is 0. The van der Waals surface area contributed by atoms with Gasteiger partial charge in [0.05, 0.1) is 0 Å². The van der Waals surface area contributed by atoms with Gasteiger partial charge in [-0.3, -0.25) is 0 Å². The molecule has 0 rings (SSSR count). The van der Waals surface area contributed by atoms with Crippen LogP contribution in [0.5, 0.6) is 0 Å². The molecule has 0 N–H and O–H groups in total. The molecule has 0 amide bonds. The molecule has 0 radical (unpaired) electrons. The first kappa shape index (κ1) is 8.48. The van der Waals surface area contributed by atoms with Gasteiger partial charge in [-0.1, -0.05) is 26.0 Å². The van der Waals surface area contributed by atoms with Crippen molar-refractivity contribution in [3.8, 4) is 0 Å². The molecule has 1 unspecified atom stereocenters. The molecule has 0 aliphatic carbocycles. The highest BCUT2D eigenvalue weighted by Gasteiger charge is 2.05.